The minimum absolute atomic E-state index is 0.0528. The van der Waals surface area contributed by atoms with Crippen molar-refractivity contribution in [3.8, 4) is 0 Å². The van der Waals surface area contributed by atoms with Gasteiger partial charge in [0.15, 0.2) is 6.10 Å². The molecule has 2 unspecified atom stereocenters. The highest BCUT2D eigenvalue weighted by Crippen LogP contribution is 2.12. The number of amides is 3. The Labute approximate surface area is 177 Å². The van der Waals surface area contributed by atoms with E-state index in [-0.39, 0.29) is 24.0 Å². The topological polar surface area (TPSA) is 96.5 Å². The van der Waals surface area contributed by atoms with E-state index in [0.717, 1.165) is 11.1 Å². The Morgan fingerprint density at radius 1 is 0.867 bits per heavy atom. The highest BCUT2D eigenvalue weighted by molar-refractivity contribution is 5.92. The maximum Gasteiger partial charge on any atom is 0.338 e. The lowest BCUT2D eigenvalue weighted by Crippen LogP contribution is -2.39. The molecule has 0 aliphatic carbocycles. The van der Waals surface area contributed by atoms with Crippen molar-refractivity contribution in [1.29, 1.82) is 0 Å². The summed E-state index contributed by atoms with van der Waals surface area (Å²) in [7, 11) is 0. The number of nitrogens with one attached hydrogen (secondary N) is 3. The third kappa shape index (κ3) is 7.24. The van der Waals surface area contributed by atoms with Gasteiger partial charge in [0, 0.05) is 12.6 Å². The lowest BCUT2D eigenvalue weighted by Gasteiger charge is -2.18. The highest BCUT2D eigenvalue weighted by Gasteiger charge is 2.20. The second kappa shape index (κ2) is 11.0. The maximum atomic E-state index is 12.3. The van der Waals surface area contributed by atoms with Crippen LogP contribution < -0.4 is 16.0 Å². The Kier molecular flexibility index (Phi) is 8.41. The first kappa shape index (κ1) is 22.9. The first-order valence-corrected chi connectivity index (χ1v) is 9.96. The zero-order chi connectivity index (χ0) is 22.1. The number of benzene rings is 2. The molecule has 2 rings (SSSR count). The number of hydrogen-bond donors (Lipinski definition) is 3. The van der Waals surface area contributed by atoms with E-state index in [1.807, 2.05) is 51.1 Å². The summed E-state index contributed by atoms with van der Waals surface area (Å²) < 4.78 is 5.29. The molecule has 0 aromatic heterocycles. The summed E-state index contributed by atoms with van der Waals surface area (Å²) in [6, 6.07) is 15.8. The molecule has 0 aliphatic rings. The molecule has 3 N–H and O–H groups in total. The van der Waals surface area contributed by atoms with Crippen molar-refractivity contribution in [2.75, 3.05) is 0 Å². The lowest BCUT2D eigenvalue weighted by atomic mass is 10.1. The van der Waals surface area contributed by atoms with E-state index in [1.54, 1.807) is 24.3 Å². The molecule has 0 saturated heterocycles. The van der Waals surface area contributed by atoms with Crippen molar-refractivity contribution in [3.63, 3.8) is 0 Å². The van der Waals surface area contributed by atoms with Crippen LogP contribution in [0.3, 0.4) is 0 Å². The molecule has 3 amide bonds. The molecule has 2 aromatic carbocycles. The van der Waals surface area contributed by atoms with Crippen LogP contribution in [0.4, 0.5) is 4.79 Å². The van der Waals surface area contributed by atoms with Crippen LogP contribution in [0.15, 0.2) is 54.6 Å². The largest absolute Gasteiger partial charge is 0.449 e. The Hall–Kier alpha value is -3.35. The highest BCUT2D eigenvalue weighted by atomic mass is 16.5. The molecule has 160 valence electrons. The van der Waals surface area contributed by atoms with Crippen LogP contribution in [0.5, 0.6) is 0 Å². The summed E-state index contributed by atoms with van der Waals surface area (Å²) in [4.78, 5) is 36.3. The fourth-order valence-electron chi connectivity index (χ4n) is 2.69. The minimum Gasteiger partial charge on any atom is -0.449 e. The SMILES string of the molecule is CC(C)NC(=O)NCc1ccc(C(=O)OC(C)C(=O)NC(C)c2ccccc2)cc1. The molecule has 2 atom stereocenters. The van der Waals surface area contributed by atoms with E-state index in [4.69, 9.17) is 4.74 Å². The van der Waals surface area contributed by atoms with E-state index < -0.39 is 12.1 Å². The van der Waals surface area contributed by atoms with E-state index >= 15 is 0 Å². The monoisotopic (exact) mass is 411 g/mol. The molecule has 7 nitrogen and oxygen atoms in total. The molecule has 0 bridgehead atoms. The summed E-state index contributed by atoms with van der Waals surface area (Å²) in [5.41, 5.74) is 2.14. The molecule has 0 radical (unpaired) electrons. The molecule has 0 saturated carbocycles. The van der Waals surface area contributed by atoms with E-state index in [2.05, 4.69) is 16.0 Å². The van der Waals surface area contributed by atoms with Gasteiger partial charge in [0.2, 0.25) is 0 Å². The molecular weight excluding hydrogens is 382 g/mol. The Balaban J connectivity index is 1.84. The van der Waals surface area contributed by atoms with Gasteiger partial charge in [-0.15, -0.1) is 0 Å². The number of carbonyl (C=O) groups excluding carboxylic acids is 3. The van der Waals surface area contributed by atoms with Crippen LogP contribution in [0.25, 0.3) is 0 Å². The molecule has 2 aromatic rings. The number of ether oxygens (including phenoxy) is 1. The summed E-state index contributed by atoms with van der Waals surface area (Å²) in [6.45, 7) is 7.50. The second-order valence-electron chi connectivity index (χ2n) is 7.37. The number of urea groups is 1. The second-order valence-corrected chi connectivity index (χ2v) is 7.37. The smallest absolute Gasteiger partial charge is 0.338 e. The average Bonchev–Trinajstić information content (AvgIpc) is 2.72. The zero-order valence-electron chi connectivity index (χ0n) is 17.8. The van der Waals surface area contributed by atoms with Gasteiger partial charge in [-0.2, -0.15) is 0 Å². The van der Waals surface area contributed by atoms with Gasteiger partial charge in [-0.1, -0.05) is 42.5 Å². The van der Waals surface area contributed by atoms with Gasteiger partial charge >= 0.3 is 12.0 Å². The summed E-state index contributed by atoms with van der Waals surface area (Å²) >= 11 is 0. The molecule has 0 fully saturated rings. The van der Waals surface area contributed by atoms with Crippen molar-refractivity contribution >= 4 is 17.9 Å². The fourth-order valence-corrected chi connectivity index (χ4v) is 2.69. The van der Waals surface area contributed by atoms with Gasteiger partial charge in [-0.25, -0.2) is 9.59 Å². The third-order valence-electron chi connectivity index (χ3n) is 4.37. The normalized spacial score (nSPS) is 12.6. The van der Waals surface area contributed by atoms with Crippen LogP contribution in [0.1, 0.15) is 55.2 Å². The van der Waals surface area contributed by atoms with Crippen molar-refractivity contribution in [3.05, 3.63) is 71.3 Å². The predicted octanol–water partition coefficient (Wildman–Crippen LogP) is 3.32. The van der Waals surface area contributed by atoms with Gasteiger partial charge in [0.1, 0.15) is 0 Å². The van der Waals surface area contributed by atoms with E-state index in [9.17, 15) is 14.4 Å². The van der Waals surface area contributed by atoms with Crippen molar-refractivity contribution < 1.29 is 19.1 Å². The maximum absolute atomic E-state index is 12.3. The molecule has 30 heavy (non-hydrogen) atoms. The number of rotatable bonds is 8. The molecular formula is C23H29N3O4. The fraction of sp³-hybridized carbons (Fsp3) is 0.348. The van der Waals surface area contributed by atoms with Crippen LogP contribution in [0.2, 0.25) is 0 Å². The minimum atomic E-state index is -0.926. The quantitative estimate of drug-likeness (QED) is 0.581. The Morgan fingerprint density at radius 3 is 2.10 bits per heavy atom. The van der Waals surface area contributed by atoms with Crippen LogP contribution in [-0.4, -0.2) is 30.1 Å². The average molecular weight is 412 g/mol. The van der Waals surface area contributed by atoms with E-state index in [0.29, 0.717) is 12.1 Å². The Morgan fingerprint density at radius 2 is 1.50 bits per heavy atom. The van der Waals surface area contributed by atoms with Crippen LogP contribution in [0, 0.1) is 0 Å². The molecule has 0 spiro atoms. The molecule has 0 heterocycles. The van der Waals surface area contributed by atoms with Crippen molar-refractivity contribution in [1.82, 2.24) is 16.0 Å². The number of hydrogen-bond acceptors (Lipinski definition) is 4. The molecule has 7 heteroatoms. The predicted molar refractivity (Wildman–Crippen MR) is 115 cm³/mol. The number of esters is 1. The summed E-state index contributed by atoms with van der Waals surface area (Å²) in [5.74, 6) is -0.946. The van der Waals surface area contributed by atoms with Gasteiger partial charge < -0.3 is 20.7 Å². The van der Waals surface area contributed by atoms with Crippen LogP contribution in [-0.2, 0) is 16.1 Å². The summed E-state index contributed by atoms with van der Waals surface area (Å²) in [6.07, 6.45) is -0.926. The zero-order valence-corrected chi connectivity index (χ0v) is 17.8. The lowest BCUT2D eigenvalue weighted by molar-refractivity contribution is -0.129. The molecule has 0 aliphatic heterocycles. The van der Waals surface area contributed by atoms with Gasteiger partial charge in [0.25, 0.3) is 5.91 Å². The first-order valence-electron chi connectivity index (χ1n) is 9.96. The number of carbonyl (C=O) groups is 3. The van der Waals surface area contributed by atoms with Gasteiger partial charge in [0.05, 0.1) is 11.6 Å². The first-order chi connectivity index (χ1) is 14.3. The van der Waals surface area contributed by atoms with Crippen molar-refractivity contribution in [2.45, 2.75) is 52.4 Å². The standard InChI is InChI=1S/C23H29N3O4/c1-15(2)25-23(29)24-14-18-10-12-20(13-11-18)22(28)30-17(4)21(27)26-16(3)19-8-6-5-7-9-19/h5-13,15-17H,14H2,1-4H3,(H,26,27)(H2,24,25,29). The van der Waals surface area contributed by atoms with Gasteiger partial charge in [-0.3, -0.25) is 4.79 Å². The third-order valence-corrected chi connectivity index (χ3v) is 4.37. The van der Waals surface area contributed by atoms with Crippen LogP contribution >= 0.6 is 0 Å². The summed E-state index contributed by atoms with van der Waals surface area (Å²) in [5, 5.41) is 8.32. The van der Waals surface area contributed by atoms with E-state index in [1.165, 1.54) is 6.92 Å². The Bertz CT molecular complexity index is 851. The van der Waals surface area contributed by atoms with Gasteiger partial charge in [-0.05, 0) is 51.0 Å². The van der Waals surface area contributed by atoms with Crippen molar-refractivity contribution in [2.24, 2.45) is 0 Å².